The van der Waals surface area contributed by atoms with E-state index in [1.165, 1.54) is 16.3 Å². The van der Waals surface area contributed by atoms with E-state index in [1.807, 2.05) is 6.92 Å². The molecular weight excluding hydrogens is 358 g/mol. The van der Waals surface area contributed by atoms with Crippen LogP contribution < -0.4 is 10.9 Å². The van der Waals surface area contributed by atoms with E-state index in [4.69, 9.17) is 11.6 Å². The molecule has 1 aromatic carbocycles. The van der Waals surface area contributed by atoms with Gasteiger partial charge >= 0.3 is 0 Å². The highest BCUT2D eigenvalue weighted by molar-refractivity contribution is 7.99. The van der Waals surface area contributed by atoms with Gasteiger partial charge < -0.3 is 5.32 Å². The molecule has 0 aliphatic carbocycles. The monoisotopic (exact) mass is 379 g/mol. The molecule has 1 atom stereocenters. The zero-order chi connectivity index (χ0) is 18.6. The molecule has 0 saturated carbocycles. The van der Waals surface area contributed by atoms with E-state index in [-0.39, 0.29) is 23.3 Å². The van der Waals surface area contributed by atoms with E-state index >= 15 is 0 Å². The van der Waals surface area contributed by atoms with Gasteiger partial charge in [-0.1, -0.05) is 43.3 Å². The SMILES string of the molecule is C=CCn1c(SCC(=O)NC(C)C(C)C)nc2cc(Cl)ccc2c1=O. The lowest BCUT2D eigenvalue weighted by Crippen LogP contribution is -2.37. The fourth-order valence-corrected chi connectivity index (χ4v) is 3.15. The van der Waals surface area contributed by atoms with Crippen molar-refractivity contribution < 1.29 is 4.79 Å². The number of nitrogens with zero attached hydrogens (tertiary/aromatic N) is 2. The molecule has 0 saturated heterocycles. The second-order valence-corrected chi connectivity index (χ2v) is 7.53. The van der Waals surface area contributed by atoms with E-state index in [9.17, 15) is 9.59 Å². The summed E-state index contributed by atoms with van der Waals surface area (Å²) in [4.78, 5) is 29.3. The Balaban J connectivity index is 2.29. The molecule has 0 spiro atoms. The maximum Gasteiger partial charge on any atom is 0.262 e. The average Bonchev–Trinajstić information content (AvgIpc) is 2.55. The van der Waals surface area contributed by atoms with E-state index < -0.39 is 0 Å². The highest BCUT2D eigenvalue weighted by atomic mass is 35.5. The average molecular weight is 380 g/mol. The second kappa shape index (κ2) is 8.54. The molecule has 2 aromatic rings. The summed E-state index contributed by atoms with van der Waals surface area (Å²) in [6, 6.07) is 5.07. The minimum atomic E-state index is -0.167. The summed E-state index contributed by atoms with van der Waals surface area (Å²) in [6.07, 6.45) is 1.63. The number of carbonyl (C=O) groups is 1. The summed E-state index contributed by atoms with van der Waals surface area (Å²) < 4.78 is 1.52. The normalized spacial score (nSPS) is 12.4. The van der Waals surface area contributed by atoms with Gasteiger partial charge in [0.05, 0.1) is 16.7 Å². The Labute approximate surface area is 156 Å². The van der Waals surface area contributed by atoms with Crippen LogP contribution in [0.25, 0.3) is 10.9 Å². The summed E-state index contributed by atoms with van der Waals surface area (Å²) in [5.74, 6) is 0.456. The van der Waals surface area contributed by atoms with Crippen LogP contribution in [0.15, 0.2) is 40.8 Å². The molecule has 25 heavy (non-hydrogen) atoms. The third-order valence-electron chi connectivity index (χ3n) is 3.92. The zero-order valence-corrected chi connectivity index (χ0v) is 16.2. The van der Waals surface area contributed by atoms with Crippen LogP contribution in [0.2, 0.25) is 5.02 Å². The van der Waals surface area contributed by atoms with Crippen molar-refractivity contribution in [2.24, 2.45) is 5.92 Å². The Bertz CT molecular complexity index is 848. The van der Waals surface area contributed by atoms with E-state index in [2.05, 4.69) is 30.7 Å². The Hall–Kier alpha value is -1.79. The predicted molar refractivity (Wildman–Crippen MR) is 104 cm³/mol. The number of amides is 1. The number of carbonyl (C=O) groups excluding carboxylic acids is 1. The summed E-state index contributed by atoms with van der Waals surface area (Å²) in [6.45, 7) is 10.1. The molecule has 134 valence electrons. The molecule has 1 N–H and O–H groups in total. The van der Waals surface area contributed by atoms with Crippen LogP contribution in [-0.2, 0) is 11.3 Å². The molecule has 0 fully saturated rings. The third-order valence-corrected chi connectivity index (χ3v) is 5.13. The first-order valence-electron chi connectivity index (χ1n) is 8.06. The Kier molecular flexibility index (Phi) is 6.67. The minimum Gasteiger partial charge on any atom is -0.353 e. The maximum absolute atomic E-state index is 12.7. The van der Waals surface area contributed by atoms with Crippen LogP contribution in [0.5, 0.6) is 0 Å². The largest absolute Gasteiger partial charge is 0.353 e. The van der Waals surface area contributed by atoms with E-state index in [1.54, 1.807) is 24.3 Å². The number of fused-ring (bicyclic) bond motifs is 1. The van der Waals surface area contributed by atoms with Crippen LogP contribution >= 0.6 is 23.4 Å². The molecule has 7 heteroatoms. The van der Waals surface area contributed by atoms with Crippen molar-refractivity contribution in [1.29, 1.82) is 0 Å². The van der Waals surface area contributed by atoms with Gasteiger partial charge in [-0.3, -0.25) is 14.2 Å². The Morgan fingerprint density at radius 3 is 2.80 bits per heavy atom. The first kappa shape index (κ1) is 19.5. The molecule has 2 rings (SSSR count). The van der Waals surface area contributed by atoms with Gasteiger partial charge in [0, 0.05) is 17.6 Å². The van der Waals surface area contributed by atoms with Crippen LogP contribution in [0, 0.1) is 5.92 Å². The predicted octanol–water partition coefficient (Wildman–Crippen LogP) is 3.49. The number of allylic oxidation sites excluding steroid dienone is 1. The fourth-order valence-electron chi connectivity index (χ4n) is 2.17. The second-order valence-electron chi connectivity index (χ2n) is 6.15. The topological polar surface area (TPSA) is 64.0 Å². The number of hydrogen-bond acceptors (Lipinski definition) is 4. The first-order chi connectivity index (χ1) is 11.8. The van der Waals surface area contributed by atoms with Crippen molar-refractivity contribution in [2.45, 2.75) is 38.5 Å². The number of thioether (sulfide) groups is 1. The summed E-state index contributed by atoms with van der Waals surface area (Å²) in [7, 11) is 0. The highest BCUT2D eigenvalue weighted by Crippen LogP contribution is 2.20. The molecule has 0 radical (unpaired) electrons. The lowest BCUT2D eigenvalue weighted by atomic mass is 10.1. The number of nitrogens with one attached hydrogen (secondary N) is 1. The molecule has 1 unspecified atom stereocenters. The lowest BCUT2D eigenvalue weighted by Gasteiger charge is -2.17. The molecule has 0 bridgehead atoms. The molecule has 0 aliphatic rings. The molecule has 0 aliphatic heterocycles. The Morgan fingerprint density at radius 1 is 1.44 bits per heavy atom. The van der Waals surface area contributed by atoms with E-state index in [0.717, 1.165) is 0 Å². The molecular formula is C18H22ClN3O2S. The quantitative estimate of drug-likeness (QED) is 0.454. The van der Waals surface area contributed by atoms with Crippen molar-refractivity contribution in [1.82, 2.24) is 14.9 Å². The number of benzene rings is 1. The number of halogens is 1. The molecule has 5 nitrogen and oxygen atoms in total. The smallest absolute Gasteiger partial charge is 0.262 e. The fraction of sp³-hybridized carbons (Fsp3) is 0.389. The van der Waals surface area contributed by atoms with Crippen molar-refractivity contribution >= 4 is 40.2 Å². The van der Waals surface area contributed by atoms with Gasteiger partial charge in [-0.25, -0.2) is 4.98 Å². The van der Waals surface area contributed by atoms with Gasteiger partial charge in [0.25, 0.3) is 5.56 Å². The van der Waals surface area contributed by atoms with Gasteiger partial charge in [0.1, 0.15) is 0 Å². The van der Waals surface area contributed by atoms with Crippen LogP contribution in [0.3, 0.4) is 0 Å². The molecule has 1 amide bonds. The van der Waals surface area contributed by atoms with Crippen molar-refractivity contribution in [3.05, 3.63) is 46.2 Å². The van der Waals surface area contributed by atoms with Gasteiger partial charge in [0.2, 0.25) is 5.91 Å². The van der Waals surface area contributed by atoms with Gasteiger partial charge in [-0.05, 0) is 31.0 Å². The molecule has 1 aromatic heterocycles. The third kappa shape index (κ3) is 4.86. The zero-order valence-electron chi connectivity index (χ0n) is 14.6. The molecule has 1 heterocycles. The minimum absolute atomic E-state index is 0.0863. The van der Waals surface area contributed by atoms with Crippen LogP contribution in [0.1, 0.15) is 20.8 Å². The standard InChI is InChI=1S/C18H22ClN3O2S/c1-5-8-22-17(24)14-7-6-13(19)9-15(14)21-18(22)25-10-16(23)20-12(4)11(2)3/h5-7,9,11-12H,1,8,10H2,2-4H3,(H,20,23). The lowest BCUT2D eigenvalue weighted by molar-refractivity contribution is -0.119. The summed E-state index contributed by atoms with van der Waals surface area (Å²) in [5.41, 5.74) is 0.358. The van der Waals surface area contributed by atoms with Crippen LogP contribution in [0.4, 0.5) is 0 Å². The van der Waals surface area contributed by atoms with Gasteiger partial charge in [-0.2, -0.15) is 0 Å². The number of aromatic nitrogens is 2. The number of rotatable bonds is 7. The van der Waals surface area contributed by atoms with Gasteiger partial charge in [-0.15, -0.1) is 6.58 Å². The van der Waals surface area contributed by atoms with E-state index in [0.29, 0.717) is 33.5 Å². The summed E-state index contributed by atoms with van der Waals surface area (Å²) >= 11 is 7.24. The maximum atomic E-state index is 12.7. The van der Waals surface area contributed by atoms with Gasteiger partial charge in [0.15, 0.2) is 5.16 Å². The first-order valence-corrected chi connectivity index (χ1v) is 9.43. The summed E-state index contributed by atoms with van der Waals surface area (Å²) in [5, 5.41) is 4.43. The highest BCUT2D eigenvalue weighted by Gasteiger charge is 2.15. The van der Waals surface area contributed by atoms with Crippen molar-refractivity contribution in [2.75, 3.05) is 5.75 Å². The van der Waals surface area contributed by atoms with Crippen molar-refractivity contribution in [3.63, 3.8) is 0 Å². The van der Waals surface area contributed by atoms with Crippen LogP contribution in [-0.4, -0.2) is 27.3 Å². The van der Waals surface area contributed by atoms with Crippen molar-refractivity contribution in [3.8, 4) is 0 Å². The number of hydrogen-bond donors (Lipinski definition) is 1. The Morgan fingerprint density at radius 2 is 2.16 bits per heavy atom.